The molecule has 0 aliphatic carbocycles. The number of hydrogen-bond acceptors (Lipinski definition) is 2. The molecule has 0 radical (unpaired) electrons. The number of rotatable bonds is 5. The van der Waals surface area contributed by atoms with Gasteiger partial charge < -0.3 is 0 Å². The minimum Gasteiger partial charge on any atom is -0.260 e. The van der Waals surface area contributed by atoms with Crippen molar-refractivity contribution in [2.24, 2.45) is 0 Å². The molecule has 0 saturated carbocycles. The van der Waals surface area contributed by atoms with Crippen molar-refractivity contribution in [2.45, 2.75) is 19.1 Å². The summed E-state index contributed by atoms with van der Waals surface area (Å²) < 4.78 is 0. The molecule has 0 aliphatic rings. The second-order valence-corrected chi connectivity index (χ2v) is 6.38. The Bertz CT molecular complexity index is 714. The summed E-state index contributed by atoms with van der Waals surface area (Å²) in [6.45, 7) is 2.20. The molecule has 3 aromatic rings. The minimum absolute atomic E-state index is 0.891. The van der Waals surface area contributed by atoms with E-state index in [4.69, 9.17) is 0 Å². The van der Waals surface area contributed by atoms with E-state index < -0.39 is 0 Å². The lowest BCUT2D eigenvalue weighted by atomic mass is 10.0. The summed E-state index contributed by atoms with van der Waals surface area (Å²) in [7, 11) is 0. The van der Waals surface area contributed by atoms with Crippen molar-refractivity contribution in [1.29, 1.82) is 0 Å². The van der Waals surface area contributed by atoms with E-state index in [1.165, 1.54) is 27.7 Å². The molecule has 2 aromatic carbocycles. The summed E-state index contributed by atoms with van der Waals surface area (Å²) in [5, 5.41) is 2.52. The zero-order valence-corrected chi connectivity index (χ0v) is 13.1. The molecule has 0 bridgehead atoms. The Hall–Kier alpha value is -1.80. The van der Waals surface area contributed by atoms with E-state index in [1.54, 1.807) is 0 Å². The fraction of sp³-hybridized carbons (Fsp3) is 0.211. The highest BCUT2D eigenvalue weighted by atomic mass is 32.2. The first-order chi connectivity index (χ1) is 10.4. The number of thioether (sulfide) groups is 1. The van der Waals surface area contributed by atoms with E-state index in [2.05, 4.69) is 66.5 Å². The number of fused-ring (bicyclic) bond motifs is 1. The summed E-state index contributed by atoms with van der Waals surface area (Å²) in [5.74, 6) is 2.27. The molecule has 106 valence electrons. The smallest absolute Gasteiger partial charge is 0.0525 e. The third-order valence-corrected chi connectivity index (χ3v) is 4.57. The molecule has 0 aliphatic heterocycles. The van der Waals surface area contributed by atoms with Crippen LogP contribution in [0.1, 0.15) is 23.7 Å². The average molecular weight is 293 g/mol. The first kappa shape index (κ1) is 14.2. The van der Waals surface area contributed by atoms with Crippen molar-refractivity contribution >= 4 is 22.5 Å². The van der Waals surface area contributed by atoms with E-state index in [0.29, 0.717) is 0 Å². The zero-order chi connectivity index (χ0) is 14.5. The van der Waals surface area contributed by atoms with Gasteiger partial charge in [0.05, 0.1) is 5.69 Å². The van der Waals surface area contributed by atoms with Crippen LogP contribution in [0.4, 0.5) is 0 Å². The number of hydrogen-bond donors (Lipinski definition) is 0. The molecule has 1 aromatic heterocycles. The molecule has 0 atom stereocenters. The maximum Gasteiger partial charge on any atom is 0.0525 e. The van der Waals surface area contributed by atoms with Gasteiger partial charge >= 0.3 is 0 Å². The van der Waals surface area contributed by atoms with Crippen LogP contribution in [0.2, 0.25) is 0 Å². The Morgan fingerprint density at radius 3 is 2.48 bits per heavy atom. The minimum atomic E-state index is 0.891. The predicted molar refractivity (Wildman–Crippen MR) is 92.8 cm³/mol. The van der Waals surface area contributed by atoms with Gasteiger partial charge in [-0.2, -0.15) is 11.8 Å². The van der Waals surface area contributed by atoms with Crippen molar-refractivity contribution < 1.29 is 0 Å². The fourth-order valence-corrected chi connectivity index (χ4v) is 3.12. The molecule has 0 amide bonds. The summed E-state index contributed by atoms with van der Waals surface area (Å²) in [6, 6.07) is 19.5. The van der Waals surface area contributed by atoms with Crippen LogP contribution >= 0.6 is 11.8 Å². The predicted octanol–water partition coefficient (Wildman–Crippen LogP) is 5.08. The van der Waals surface area contributed by atoms with Crippen molar-refractivity contribution in [3.8, 4) is 0 Å². The summed E-state index contributed by atoms with van der Waals surface area (Å²) in [5.41, 5.74) is 3.88. The van der Waals surface area contributed by atoms with Gasteiger partial charge in [-0.25, -0.2) is 0 Å². The second kappa shape index (κ2) is 6.77. The Kier molecular flexibility index (Phi) is 4.56. The Labute approximate surface area is 130 Å². The van der Waals surface area contributed by atoms with Crippen LogP contribution in [0.15, 0.2) is 60.8 Å². The standard InChI is InChI=1S/C19H19NS/c1-2-21-14-16-9-7-15(8-10-16)13-19-18-6-4-3-5-17(18)11-12-20-19/h3-12H,2,13-14H2,1H3. The Morgan fingerprint density at radius 1 is 0.905 bits per heavy atom. The number of pyridine rings is 1. The van der Waals surface area contributed by atoms with Crippen LogP contribution in [-0.4, -0.2) is 10.7 Å². The Morgan fingerprint density at radius 2 is 1.67 bits per heavy atom. The van der Waals surface area contributed by atoms with E-state index >= 15 is 0 Å². The third-order valence-electron chi connectivity index (χ3n) is 3.62. The molecule has 0 unspecified atom stereocenters. The van der Waals surface area contributed by atoms with Gasteiger partial charge in [-0.05, 0) is 28.3 Å². The van der Waals surface area contributed by atoms with Crippen LogP contribution < -0.4 is 0 Å². The molecule has 0 fully saturated rings. The molecule has 21 heavy (non-hydrogen) atoms. The van der Waals surface area contributed by atoms with Gasteiger partial charge in [-0.1, -0.05) is 55.5 Å². The second-order valence-electron chi connectivity index (χ2n) is 5.11. The van der Waals surface area contributed by atoms with Crippen molar-refractivity contribution in [1.82, 2.24) is 4.98 Å². The number of benzene rings is 2. The summed E-state index contributed by atoms with van der Waals surface area (Å²) >= 11 is 1.96. The van der Waals surface area contributed by atoms with Gasteiger partial charge in [0, 0.05) is 23.8 Å². The normalized spacial score (nSPS) is 10.9. The average Bonchev–Trinajstić information content (AvgIpc) is 2.55. The topological polar surface area (TPSA) is 12.9 Å². The van der Waals surface area contributed by atoms with Crippen molar-refractivity contribution in [2.75, 3.05) is 5.75 Å². The first-order valence-corrected chi connectivity index (χ1v) is 8.50. The molecule has 0 spiro atoms. The molecule has 2 heteroatoms. The van der Waals surface area contributed by atoms with E-state index in [9.17, 15) is 0 Å². The van der Waals surface area contributed by atoms with Crippen molar-refractivity contribution in [3.05, 3.63) is 77.6 Å². The highest BCUT2D eigenvalue weighted by Crippen LogP contribution is 2.20. The molecule has 0 N–H and O–H groups in total. The van der Waals surface area contributed by atoms with E-state index in [1.807, 2.05) is 18.0 Å². The van der Waals surface area contributed by atoms with Gasteiger partial charge in [0.2, 0.25) is 0 Å². The number of nitrogens with zero attached hydrogens (tertiary/aromatic N) is 1. The lowest BCUT2D eigenvalue weighted by Crippen LogP contribution is -1.94. The van der Waals surface area contributed by atoms with Crippen LogP contribution in [0.3, 0.4) is 0 Å². The maximum atomic E-state index is 4.57. The van der Waals surface area contributed by atoms with Gasteiger partial charge in [0.15, 0.2) is 0 Å². The molecule has 3 rings (SSSR count). The van der Waals surface area contributed by atoms with Crippen molar-refractivity contribution in [3.63, 3.8) is 0 Å². The van der Waals surface area contributed by atoms with Gasteiger partial charge in [-0.3, -0.25) is 4.98 Å². The largest absolute Gasteiger partial charge is 0.260 e. The lowest BCUT2D eigenvalue weighted by molar-refractivity contribution is 1.10. The molecule has 1 nitrogen and oxygen atoms in total. The molecular formula is C19H19NS. The highest BCUT2D eigenvalue weighted by Gasteiger charge is 2.03. The SMILES string of the molecule is CCSCc1ccc(Cc2nccc3ccccc23)cc1. The molecular weight excluding hydrogens is 274 g/mol. The van der Waals surface area contributed by atoms with Gasteiger partial charge in [0.25, 0.3) is 0 Å². The quantitative estimate of drug-likeness (QED) is 0.650. The number of aromatic nitrogens is 1. The van der Waals surface area contributed by atoms with Crippen LogP contribution in [0.25, 0.3) is 10.8 Å². The maximum absolute atomic E-state index is 4.57. The van der Waals surface area contributed by atoms with Crippen LogP contribution in [-0.2, 0) is 12.2 Å². The third kappa shape index (κ3) is 3.45. The summed E-state index contributed by atoms with van der Waals surface area (Å²) in [6.07, 6.45) is 2.80. The van der Waals surface area contributed by atoms with E-state index in [-0.39, 0.29) is 0 Å². The highest BCUT2D eigenvalue weighted by molar-refractivity contribution is 7.98. The molecule has 1 heterocycles. The molecule has 0 saturated heterocycles. The van der Waals surface area contributed by atoms with Crippen LogP contribution in [0, 0.1) is 0 Å². The van der Waals surface area contributed by atoms with Gasteiger partial charge in [-0.15, -0.1) is 0 Å². The van der Waals surface area contributed by atoms with Crippen LogP contribution in [0.5, 0.6) is 0 Å². The van der Waals surface area contributed by atoms with Gasteiger partial charge in [0.1, 0.15) is 0 Å². The lowest BCUT2D eigenvalue weighted by Gasteiger charge is -2.07. The Balaban J connectivity index is 1.82. The van der Waals surface area contributed by atoms with E-state index in [0.717, 1.165) is 17.9 Å². The fourth-order valence-electron chi connectivity index (χ4n) is 2.49. The monoisotopic (exact) mass is 293 g/mol. The zero-order valence-electron chi connectivity index (χ0n) is 12.3. The first-order valence-electron chi connectivity index (χ1n) is 7.35. The summed E-state index contributed by atoms with van der Waals surface area (Å²) in [4.78, 5) is 4.57.